The van der Waals surface area contributed by atoms with Gasteiger partial charge in [-0.05, 0) is 79.0 Å². The van der Waals surface area contributed by atoms with Crippen LogP contribution < -0.4 is 20.3 Å². The molecule has 1 fully saturated rings. The topological polar surface area (TPSA) is 91.5 Å². The minimum Gasteiger partial charge on any atom is -0.495 e. The van der Waals surface area contributed by atoms with Crippen molar-refractivity contribution in [2.45, 2.75) is 25.9 Å². The Hall–Kier alpha value is -2.70. The van der Waals surface area contributed by atoms with E-state index in [9.17, 15) is 4.79 Å². The molecule has 2 atom stereocenters. The standard InChI is InChI=1S/C24H26IN5O3S/c1-13-20(21(25)14(2)27-13)23-22(16-7-5-6-10-26-16)29-24(34)30(23)15-8-9-18(33-4)17(11-15)28-19(31)12-32-3/h5-11,22-23,27H,12H2,1-4H3,(H,28,31)(H,29,34)/t22-,23-/m0/s1. The monoisotopic (exact) mass is 591 g/mol. The average molecular weight is 591 g/mol. The molecule has 8 nitrogen and oxygen atoms in total. The maximum Gasteiger partial charge on any atom is 0.250 e. The first kappa shape index (κ1) is 24.4. The van der Waals surface area contributed by atoms with Gasteiger partial charge in [0, 0.05) is 39.5 Å². The summed E-state index contributed by atoms with van der Waals surface area (Å²) in [6, 6.07) is 11.2. The van der Waals surface area contributed by atoms with Crippen molar-refractivity contribution in [3.63, 3.8) is 0 Å². The molecule has 1 amide bonds. The lowest BCUT2D eigenvalue weighted by molar-refractivity contribution is -0.119. The molecule has 1 aliphatic heterocycles. The molecule has 178 valence electrons. The summed E-state index contributed by atoms with van der Waals surface area (Å²) in [7, 11) is 3.05. The van der Waals surface area contributed by atoms with Crippen LogP contribution in [0.25, 0.3) is 0 Å². The number of hydrogen-bond donors (Lipinski definition) is 3. The molecule has 0 saturated carbocycles. The molecule has 1 aromatic carbocycles. The molecule has 0 spiro atoms. The number of ether oxygens (including phenoxy) is 2. The molecular weight excluding hydrogens is 565 g/mol. The number of carbonyl (C=O) groups excluding carboxylic acids is 1. The van der Waals surface area contributed by atoms with Gasteiger partial charge in [-0.25, -0.2) is 0 Å². The molecular formula is C24H26IN5O3S. The van der Waals surface area contributed by atoms with Crippen LogP contribution in [0, 0.1) is 17.4 Å². The van der Waals surface area contributed by atoms with Crippen molar-refractivity contribution in [2.24, 2.45) is 0 Å². The number of methoxy groups -OCH3 is 2. The lowest BCUT2D eigenvalue weighted by Crippen LogP contribution is -2.30. The SMILES string of the molecule is COCC(=O)Nc1cc(N2C(=S)N[C@@H](c3ccccn3)[C@@H]2c2c(C)[nH]c(C)c2I)ccc1OC. The average Bonchev–Trinajstić information content (AvgIpc) is 3.28. The highest BCUT2D eigenvalue weighted by atomic mass is 127. The van der Waals surface area contributed by atoms with Crippen LogP contribution in [-0.2, 0) is 9.53 Å². The fourth-order valence-electron chi connectivity index (χ4n) is 4.31. The zero-order valence-corrected chi connectivity index (χ0v) is 22.3. The normalized spacial score (nSPS) is 17.6. The number of amides is 1. The van der Waals surface area contributed by atoms with Gasteiger partial charge in [-0.3, -0.25) is 9.78 Å². The molecule has 3 N–H and O–H groups in total. The van der Waals surface area contributed by atoms with Crippen molar-refractivity contribution in [3.8, 4) is 5.75 Å². The van der Waals surface area contributed by atoms with Crippen LogP contribution in [0.1, 0.15) is 34.7 Å². The first-order chi connectivity index (χ1) is 16.3. The second-order valence-corrected chi connectivity index (χ2v) is 9.43. The van der Waals surface area contributed by atoms with Gasteiger partial charge in [0.05, 0.1) is 30.6 Å². The molecule has 3 aromatic rings. The van der Waals surface area contributed by atoms with E-state index < -0.39 is 0 Å². The molecule has 0 aliphatic carbocycles. The highest BCUT2D eigenvalue weighted by molar-refractivity contribution is 14.1. The number of rotatable bonds is 7. The lowest BCUT2D eigenvalue weighted by atomic mass is 9.96. The number of halogens is 1. The Labute approximate surface area is 217 Å². The number of benzene rings is 1. The zero-order chi connectivity index (χ0) is 24.4. The van der Waals surface area contributed by atoms with Gasteiger partial charge in [-0.2, -0.15) is 0 Å². The number of pyridine rings is 1. The third-order valence-corrected chi connectivity index (χ3v) is 7.45. The van der Waals surface area contributed by atoms with Crippen molar-refractivity contribution in [3.05, 3.63) is 68.8 Å². The first-order valence-corrected chi connectivity index (χ1v) is 12.2. The van der Waals surface area contributed by atoms with E-state index in [4.69, 9.17) is 21.7 Å². The summed E-state index contributed by atoms with van der Waals surface area (Å²) < 4.78 is 11.6. The van der Waals surface area contributed by atoms with Gasteiger partial charge in [0.2, 0.25) is 5.91 Å². The molecule has 1 saturated heterocycles. The summed E-state index contributed by atoms with van der Waals surface area (Å²) in [6.07, 6.45) is 1.79. The van der Waals surface area contributed by atoms with Crippen molar-refractivity contribution in [1.29, 1.82) is 0 Å². The van der Waals surface area contributed by atoms with E-state index in [-0.39, 0.29) is 24.6 Å². The van der Waals surface area contributed by atoms with Crippen LogP contribution in [0.2, 0.25) is 0 Å². The van der Waals surface area contributed by atoms with Gasteiger partial charge < -0.3 is 30.0 Å². The highest BCUT2D eigenvalue weighted by Crippen LogP contribution is 2.45. The first-order valence-electron chi connectivity index (χ1n) is 10.7. The van der Waals surface area contributed by atoms with Gasteiger partial charge in [-0.1, -0.05) is 6.07 Å². The lowest BCUT2D eigenvalue weighted by Gasteiger charge is -2.29. The fraction of sp³-hybridized carbons (Fsp3) is 0.292. The molecule has 0 radical (unpaired) electrons. The summed E-state index contributed by atoms with van der Waals surface area (Å²) in [4.78, 5) is 22.4. The summed E-state index contributed by atoms with van der Waals surface area (Å²) >= 11 is 8.22. The predicted octanol–water partition coefficient (Wildman–Crippen LogP) is 4.40. The maximum absolute atomic E-state index is 12.2. The van der Waals surface area contributed by atoms with E-state index in [1.54, 1.807) is 13.3 Å². The number of aromatic amines is 1. The van der Waals surface area contributed by atoms with Crippen LogP contribution in [-0.4, -0.2) is 41.8 Å². The Morgan fingerprint density at radius 3 is 2.65 bits per heavy atom. The number of nitrogens with one attached hydrogen (secondary N) is 3. The molecule has 1 aliphatic rings. The third kappa shape index (κ3) is 4.62. The van der Waals surface area contributed by atoms with Gasteiger partial charge >= 0.3 is 0 Å². The van der Waals surface area contributed by atoms with Gasteiger partial charge in [-0.15, -0.1) is 0 Å². The number of thiocarbonyl (C=S) groups is 1. The zero-order valence-electron chi connectivity index (χ0n) is 19.3. The van der Waals surface area contributed by atoms with Gasteiger partial charge in [0.15, 0.2) is 5.11 Å². The second kappa shape index (κ2) is 10.3. The van der Waals surface area contributed by atoms with Crippen molar-refractivity contribution >= 4 is 57.2 Å². The van der Waals surface area contributed by atoms with Gasteiger partial charge in [0.1, 0.15) is 12.4 Å². The number of aromatic nitrogens is 2. The number of hydrogen-bond acceptors (Lipinski definition) is 5. The van der Waals surface area contributed by atoms with Crippen LogP contribution in [0.4, 0.5) is 11.4 Å². The van der Waals surface area contributed by atoms with Crippen molar-refractivity contribution < 1.29 is 14.3 Å². The fourth-order valence-corrected chi connectivity index (χ4v) is 5.51. The summed E-state index contributed by atoms with van der Waals surface area (Å²) in [5.74, 6) is 0.280. The van der Waals surface area contributed by atoms with E-state index in [1.165, 1.54) is 7.11 Å². The molecule has 0 unspecified atom stereocenters. The minimum atomic E-state index is -0.269. The minimum absolute atomic E-state index is 0.0541. The molecule has 0 bridgehead atoms. The van der Waals surface area contributed by atoms with E-state index in [0.29, 0.717) is 16.5 Å². The maximum atomic E-state index is 12.2. The molecule has 34 heavy (non-hydrogen) atoms. The van der Waals surface area contributed by atoms with E-state index in [1.807, 2.05) is 36.4 Å². The van der Waals surface area contributed by atoms with Crippen molar-refractivity contribution in [1.82, 2.24) is 15.3 Å². The van der Waals surface area contributed by atoms with Crippen LogP contribution in [0.15, 0.2) is 42.6 Å². The summed E-state index contributed by atoms with van der Waals surface area (Å²) in [5.41, 5.74) is 5.60. The highest BCUT2D eigenvalue weighted by Gasteiger charge is 2.43. The number of H-pyrrole nitrogens is 1. The second-order valence-electron chi connectivity index (χ2n) is 7.97. The summed E-state index contributed by atoms with van der Waals surface area (Å²) in [6.45, 7) is 4.08. The summed E-state index contributed by atoms with van der Waals surface area (Å²) in [5, 5.41) is 6.92. The predicted molar refractivity (Wildman–Crippen MR) is 144 cm³/mol. The van der Waals surface area contributed by atoms with Gasteiger partial charge in [0.25, 0.3) is 0 Å². The number of aryl methyl sites for hydroxylation is 2. The Balaban J connectivity index is 1.84. The number of anilines is 2. The Morgan fingerprint density at radius 1 is 1.24 bits per heavy atom. The number of nitrogens with zero attached hydrogens (tertiary/aromatic N) is 2. The largest absolute Gasteiger partial charge is 0.495 e. The Kier molecular flexibility index (Phi) is 7.39. The Morgan fingerprint density at radius 2 is 2.03 bits per heavy atom. The quantitative estimate of drug-likeness (QED) is 0.277. The van der Waals surface area contributed by atoms with Crippen LogP contribution in [0.5, 0.6) is 5.75 Å². The van der Waals surface area contributed by atoms with Crippen molar-refractivity contribution in [2.75, 3.05) is 31.0 Å². The Bertz CT molecular complexity index is 1220. The molecule has 4 rings (SSSR count). The number of carbonyl (C=O) groups is 1. The smallest absolute Gasteiger partial charge is 0.250 e. The van der Waals surface area contributed by atoms with E-state index >= 15 is 0 Å². The molecule has 3 heterocycles. The van der Waals surface area contributed by atoms with Crippen LogP contribution >= 0.6 is 34.8 Å². The van der Waals surface area contributed by atoms with E-state index in [2.05, 4.69) is 61.9 Å². The molecule has 10 heteroatoms. The molecule has 2 aromatic heterocycles. The third-order valence-electron chi connectivity index (χ3n) is 5.75. The van der Waals surface area contributed by atoms with Crippen LogP contribution in [0.3, 0.4) is 0 Å². The van der Waals surface area contributed by atoms with E-state index in [0.717, 1.165) is 31.9 Å².